The summed E-state index contributed by atoms with van der Waals surface area (Å²) in [6.45, 7) is 6.33. The molecule has 34 heavy (non-hydrogen) atoms. The van der Waals surface area contributed by atoms with Crippen LogP contribution in [0, 0.1) is 11.8 Å². The van der Waals surface area contributed by atoms with E-state index in [0.717, 1.165) is 32.2 Å². The number of anilines is 2. The molecule has 1 aliphatic heterocycles. The number of ether oxygens (including phenoxy) is 2. The maximum atomic E-state index is 13.5. The number of hydrogen-bond donors (Lipinski definition) is 1. The van der Waals surface area contributed by atoms with E-state index in [1.54, 1.807) is 18.7 Å². The molecule has 2 aromatic carbocycles. The highest BCUT2D eigenvalue weighted by Crippen LogP contribution is 2.56. The Bertz CT molecular complexity index is 1120. The Morgan fingerprint density at radius 1 is 1.03 bits per heavy atom. The number of carbonyl (C=O) groups excluding carboxylic acids is 2. The normalized spacial score (nSPS) is 23.0. The number of carbonyl (C=O) groups is 2. The third kappa shape index (κ3) is 4.75. The lowest BCUT2D eigenvalue weighted by Crippen LogP contribution is -2.47. The van der Waals surface area contributed by atoms with Gasteiger partial charge in [0.1, 0.15) is 0 Å². The van der Waals surface area contributed by atoms with Crippen LogP contribution in [-0.2, 0) is 9.47 Å². The number of nitrogens with one attached hydrogen (secondary N) is 1. The number of hydrogen-bond acceptors (Lipinski definition) is 4. The lowest BCUT2D eigenvalue weighted by Gasteiger charge is -2.49. The second-order valence-electron chi connectivity index (χ2n) is 8.54. The second-order valence-corrected chi connectivity index (χ2v) is 10.4. The standard InChI is InChI=1S/C26H28Br2N2O4/c1-4-33-25(31)29-21-11-9-16(27)14-20(21)24-23-15(3)7-6-8-18(23)19-13-17(28)10-12-22(19)30(24)26(32)34-5-2/h6,8-15,18,23-24H,4-5,7H2,1-3H3,(H,29,31)/t15-,18-,23+,24-/m0/s1. The summed E-state index contributed by atoms with van der Waals surface area (Å²) in [6, 6.07) is 11.3. The maximum absolute atomic E-state index is 13.5. The number of rotatable bonds is 4. The quantitative estimate of drug-likeness (QED) is 0.368. The number of benzene rings is 2. The zero-order valence-corrected chi connectivity index (χ0v) is 22.6. The Hall–Kier alpha value is -2.32. The highest BCUT2D eigenvalue weighted by atomic mass is 79.9. The number of allylic oxidation sites excluding steroid dienone is 2. The Kier molecular flexibility index (Phi) is 7.67. The molecule has 1 aliphatic carbocycles. The molecule has 0 bridgehead atoms. The minimum Gasteiger partial charge on any atom is -0.450 e. The molecule has 2 aliphatic rings. The first-order chi connectivity index (χ1) is 16.3. The highest BCUT2D eigenvalue weighted by molar-refractivity contribution is 9.10. The van der Waals surface area contributed by atoms with Gasteiger partial charge in [-0.3, -0.25) is 10.2 Å². The van der Waals surface area contributed by atoms with Crippen molar-refractivity contribution < 1.29 is 19.1 Å². The van der Waals surface area contributed by atoms with Crippen LogP contribution in [0.3, 0.4) is 0 Å². The molecule has 0 saturated carbocycles. The van der Waals surface area contributed by atoms with Gasteiger partial charge in [-0.1, -0.05) is 50.9 Å². The topological polar surface area (TPSA) is 67.9 Å². The summed E-state index contributed by atoms with van der Waals surface area (Å²) in [7, 11) is 0. The fourth-order valence-corrected chi connectivity index (χ4v) is 5.91. The van der Waals surface area contributed by atoms with E-state index in [4.69, 9.17) is 9.47 Å². The van der Waals surface area contributed by atoms with E-state index in [1.807, 2.05) is 30.3 Å². The predicted octanol–water partition coefficient (Wildman–Crippen LogP) is 7.79. The van der Waals surface area contributed by atoms with Crippen LogP contribution in [0.1, 0.15) is 50.3 Å². The minimum atomic E-state index is -0.526. The average molecular weight is 592 g/mol. The molecule has 1 heterocycles. The van der Waals surface area contributed by atoms with Crippen molar-refractivity contribution >= 4 is 55.4 Å². The van der Waals surface area contributed by atoms with Crippen molar-refractivity contribution in [3.63, 3.8) is 0 Å². The van der Waals surface area contributed by atoms with Crippen LogP contribution < -0.4 is 10.2 Å². The smallest absolute Gasteiger partial charge is 0.414 e. The zero-order chi connectivity index (χ0) is 24.4. The van der Waals surface area contributed by atoms with Crippen LogP contribution in [0.15, 0.2) is 57.5 Å². The summed E-state index contributed by atoms with van der Waals surface area (Å²) < 4.78 is 12.5. The van der Waals surface area contributed by atoms with Gasteiger partial charge in [-0.15, -0.1) is 0 Å². The highest BCUT2D eigenvalue weighted by Gasteiger charge is 2.48. The molecule has 2 amide bonds. The molecule has 2 aromatic rings. The van der Waals surface area contributed by atoms with Gasteiger partial charge in [0.15, 0.2) is 0 Å². The van der Waals surface area contributed by atoms with Crippen LogP contribution in [0.5, 0.6) is 0 Å². The van der Waals surface area contributed by atoms with Gasteiger partial charge in [0.25, 0.3) is 0 Å². The van der Waals surface area contributed by atoms with Crippen LogP contribution in [0.25, 0.3) is 0 Å². The lowest BCUT2D eigenvalue weighted by atomic mass is 9.65. The molecule has 0 radical (unpaired) electrons. The molecule has 4 rings (SSSR count). The number of halogens is 2. The summed E-state index contributed by atoms with van der Waals surface area (Å²) in [5.74, 6) is 0.480. The van der Waals surface area contributed by atoms with E-state index < -0.39 is 12.2 Å². The predicted molar refractivity (Wildman–Crippen MR) is 140 cm³/mol. The molecule has 4 atom stereocenters. The Morgan fingerprint density at radius 3 is 2.41 bits per heavy atom. The molecule has 0 aromatic heterocycles. The Labute approximate surface area is 216 Å². The van der Waals surface area contributed by atoms with Gasteiger partial charge in [-0.2, -0.15) is 0 Å². The SMILES string of the molecule is CCOC(=O)Nc1ccc(Br)cc1[C@H]1[C@@H]2[C@@H](C)CC=C[C@H]2c2cc(Br)ccc2N1C(=O)OCC. The largest absolute Gasteiger partial charge is 0.450 e. The summed E-state index contributed by atoms with van der Waals surface area (Å²) in [5.41, 5.74) is 3.35. The van der Waals surface area contributed by atoms with Crippen molar-refractivity contribution in [2.45, 2.75) is 39.2 Å². The molecule has 180 valence electrons. The maximum Gasteiger partial charge on any atom is 0.414 e. The van der Waals surface area contributed by atoms with Crippen LogP contribution in [0.4, 0.5) is 21.0 Å². The van der Waals surface area contributed by atoms with Gasteiger partial charge < -0.3 is 9.47 Å². The molecule has 1 N–H and O–H groups in total. The van der Waals surface area contributed by atoms with Crippen LogP contribution in [-0.4, -0.2) is 25.4 Å². The molecule has 0 saturated heterocycles. The van der Waals surface area contributed by atoms with Crippen molar-refractivity contribution in [2.75, 3.05) is 23.4 Å². The second kappa shape index (κ2) is 10.5. The van der Waals surface area contributed by atoms with E-state index >= 15 is 0 Å². The minimum absolute atomic E-state index is 0.0771. The number of amides is 2. The molecular formula is C26H28Br2N2O4. The third-order valence-corrected chi connectivity index (χ3v) is 7.47. The molecule has 0 unspecified atom stereocenters. The third-order valence-electron chi connectivity index (χ3n) is 6.48. The van der Waals surface area contributed by atoms with E-state index in [2.05, 4.69) is 62.3 Å². The van der Waals surface area contributed by atoms with Crippen molar-refractivity contribution in [1.29, 1.82) is 0 Å². The first-order valence-corrected chi connectivity index (χ1v) is 13.1. The fraction of sp³-hybridized carbons (Fsp3) is 0.385. The first-order valence-electron chi connectivity index (χ1n) is 11.5. The molecule has 0 fully saturated rings. The molecule has 8 heteroatoms. The van der Waals surface area contributed by atoms with Crippen molar-refractivity contribution in [2.24, 2.45) is 11.8 Å². The molecular weight excluding hydrogens is 564 g/mol. The van der Waals surface area contributed by atoms with Crippen LogP contribution in [0.2, 0.25) is 0 Å². The van der Waals surface area contributed by atoms with Gasteiger partial charge >= 0.3 is 12.2 Å². The Balaban J connectivity index is 1.95. The molecule has 0 spiro atoms. The summed E-state index contributed by atoms with van der Waals surface area (Å²) in [4.78, 5) is 27.6. The van der Waals surface area contributed by atoms with Crippen molar-refractivity contribution in [1.82, 2.24) is 0 Å². The van der Waals surface area contributed by atoms with Crippen molar-refractivity contribution in [3.05, 3.63) is 68.6 Å². The summed E-state index contributed by atoms with van der Waals surface area (Å²) >= 11 is 7.20. The van der Waals surface area contributed by atoms with E-state index in [1.165, 1.54) is 0 Å². The van der Waals surface area contributed by atoms with Gasteiger partial charge in [0.05, 0.1) is 24.9 Å². The van der Waals surface area contributed by atoms with Gasteiger partial charge in [0, 0.05) is 26.1 Å². The Morgan fingerprint density at radius 2 is 1.71 bits per heavy atom. The van der Waals surface area contributed by atoms with E-state index in [0.29, 0.717) is 11.6 Å². The van der Waals surface area contributed by atoms with Gasteiger partial charge in [-0.25, -0.2) is 9.59 Å². The van der Waals surface area contributed by atoms with Gasteiger partial charge in [0.2, 0.25) is 0 Å². The average Bonchev–Trinajstić information content (AvgIpc) is 2.80. The fourth-order valence-electron chi connectivity index (χ4n) is 5.15. The number of nitrogens with zero attached hydrogens (tertiary/aromatic N) is 1. The monoisotopic (exact) mass is 590 g/mol. The van der Waals surface area contributed by atoms with Crippen LogP contribution >= 0.6 is 31.9 Å². The first kappa shape index (κ1) is 24.8. The summed E-state index contributed by atoms with van der Waals surface area (Å²) in [6.07, 6.45) is 4.46. The van der Waals surface area contributed by atoms with Crippen molar-refractivity contribution in [3.8, 4) is 0 Å². The lowest BCUT2D eigenvalue weighted by molar-refractivity contribution is 0.146. The number of fused-ring (bicyclic) bond motifs is 3. The van der Waals surface area contributed by atoms with E-state index in [9.17, 15) is 9.59 Å². The van der Waals surface area contributed by atoms with Gasteiger partial charge in [-0.05, 0) is 74.1 Å². The zero-order valence-electron chi connectivity index (χ0n) is 19.4. The summed E-state index contributed by atoms with van der Waals surface area (Å²) in [5, 5.41) is 2.88. The molecule has 6 nitrogen and oxygen atoms in total. The van der Waals surface area contributed by atoms with E-state index in [-0.39, 0.29) is 31.1 Å².